The molecule has 1 fully saturated rings. The summed E-state index contributed by atoms with van der Waals surface area (Å²) in [6.45, 7) is 0.951. The zero-order valence-corrected chi connectivity index (χ0v) is 14.6. The van der Waals surface area contributed by atoms with E-state index < -0.39 is 5.97 Å². The second kappa shape index (κ2) is 7.25. The molecule has 1 saturated heterocycles. The number of aromatic carboxylic acids is 1. The molecule has 0 saturated carbocycles. The van der Waals surface area contributed by atoms with Gasteiger partial charge in [-0.1, -0.05) is 35.9 Å². The van der Waals surface area contributed by atoms with Crippen molar-refractivity contribution in [3.63, 3.8) is 0 Å². The zero-order chi connectivity index (χ0) is 18.0. The predicted molar refractivity (Wildman–Crippen MR) is 97.1 cm³/mol. The molecule has 25 heavy (non-hydrogen) atoms. The molecule has 2 aromatic rings. The van der Waals surface area contributed by atoms with Crippen molar-refractivity contribution in [1.29, 1.82) is 0 Å². The lowest BCUT2D eigenvalue weighted by Crippen LogP contribution is -2.39. The molecular weight excluding hydrogens is 340 g/mol. The third kappa shape index (κ3) is 3.52. The van der Waals surface area contributed by atoms with E-state index in [0.29, 0.717) is 30.1 Å². The molecule has 1 atom stereocenters. The molecule has 1 amide bonds. The van der Waals surface area contributed by atoms with Crippen molar-refractivity contribution >= 4 is 29.2 Å². The number of likely N-dealkylation sites (N-methyl/N-ethyl adjacent to an activating group) is 1. The molecule has 2 aromatic carbocycles. The van der Waals surface area contributed by atoms with E-state index >= 15 is 0 Å². The first kappa shape index (κ1) is 17.5. The van der Waals surface area contributed by atoms with Crippen molar-refractivity contribution < 1.29 is 14.7 Å². The quantitative estimate of drug-likeness (QED) is 0.891. The van der Waals surface area contributed by atoms with Crippen LogP contribution >= 0.6 is 11.6 Å². The van der Waals surface area contributed by atoms with Crippen LogP contribution in [-0.4, -0.2) is 41.5 Å². The molecule has 3 rings (SSSR count). The summed E-state index contributed by atoms with van der Waals surface area (Å²) >= 11 is 6.20. The molecule has 0 aliphatic carbocycles. The van der Waals surface area contributed by atoms with Gasteiger partial charge < -0.3 is 10.0 Å². The van der Waals surface area contributed by atoms with Gasteiger partial charge in [-0.05, 0) is 43.3 Å². The highest BCUT2D eigenvalue weighted by molar-refractivity contribution is 6.31. The van der Waals surface area contributed by atoms with E-state index in [1.807, 2.05) is 42.3 Å². The third-order valence-corrected chi connectivity index (χ3v) is 4.89. The molecule has 0 spiro atoms. The number of hydrogen-bond acceptors (Lipinski definition) is 3. The van der Waals surface area contributed by atoms with Crippen LogP contribution in [0.5, 0.6) is 0 Å². The fourth-order valence-corrected chi connectivity index (χ4v) is 3.45. The van der Waals surface area contributed by atoms with Gasteiger partial charge >= 0.3 is 5.97 Å². The molecule has 1 N–H and O–H groups in total. The molecule has 1 aliphatic rings. The number of carbonyl (C=O) groups excluding carboxylic acids is 1. The zero-order valence-electron chi connectivity index (χ0n) is 13.9. The number of carboxylic acid groups (broad SMARTS) is 1. The Kier molecular flexibility index (Phi) is 5.06. The molecule has 1 unspecified atom stereocenters. The van der Waals surface area contributed by atoms with E-state index in [4.69, 9.17) is 11.6 Å². The van der Waals surface area contributed by atoms with Gasteiger partial charge in [0.05, 0.1) is 11.6 Å². The highest BCUT2D eigenvalue weighted by Crippen LogP contribution is 2.27. The SMILES string of the molecule is CN(Cc1c(Cl)cccc1C(=O)O)C1CCN(c2ccccc2)C1=O. The highest BCUT2D eigenvalue weighted by Gasteiger charge is 2.35. The summed E-state index contributed by atoms with van der Waals surface area (Å²) in [6, 6.07) is 14.1. The van der Waals surface area contributed by atoms with Crippen LogP contribution in [0.3, 0.4) is 0 Å². The number of rotatable bonds is 5. The van der Waals surface area contributed by atoms with Crippen LogP contribution in [0.25, 0.3) is 0 Å². The molecule has 5 nitrogen and oxygen atoms in total. The summed E-state index contributed by atoms with van der Waals surface area (Å²) in [7, 11) is 1.83. The van der Waals surface area contributed by atoms with Gasteiger partial charge in [-0.25, -0.2) is 4.79 Å². The van der Waals surface area contributed by atoms with Gasteiger partial charge in [0.2, 0.25) is 5.91 Å². The van der Waals surface area contributed by atoms with E-state index in [2.05, 4.69) is 0 Å². The maximum atomic E-state index is 12.8. The van der Waals surface area contributed by atoms with Gasteiger partial charge in [0.25, 0.3) is 0 Å². The first-order chi connectivity index (χ1) is 12.0. The summed E-state index contributed by atoms with van der Waals surface area (Å²) in [5.41, 5.74) is 1.59. The Morgan fingerprint density at radius 2 is 1.96 bits per heavy atom. The fraction of sp³-hybridized carbons (Fsp3) is 0.263. The predicted octanol–water partition coefficient (Wildman–Crippen LogP) is 3.28. The Morgan fingerprint density at radius 1 is 1.24 bits per heavy atom. The summed E-state index contributed by atoms with van der Waals surface area (Å²) in [5, 5.41) is 9.76. The van der Waals surface area contributed by atoms with E-state index in [-0.39, 0.29) is 17.5 Å². The van der Waals surface area contributed by atoms with Crippen molar-refractivity contribution in [2.75, 3.05) is 18.5 Å². The van der Waals surface area contributed by atoms with E-state index in [9.17, 15) is 14.7 Å². The van der Waals surface area contributed by atoms with E-state index in [1.165, 1.54) is 6.07 Å². The number of carbonyl (C=O) groups is 2. The number of benzene rings is 2. The largest absolute Gasteiger partial charge is 0.478 e. The minimum atomic E-state index is -1.02. The Balaban J connectivity index is 1.78. The summed E-state index contributed by atoms with van der Waals surface area (Å²) in [6.07, 6.45) is 0.692. The molecule has 130 valence electrons. The van der Waals surface area contributed by atoms with Crippen LogP contribution in [0.1, 0.15) is 22.3 Å². The highest BCUT2D eigenvalue weighted by atomic mass is 35.5. The average molecular weight is 359 g/mol. The number of para-hydroxylation sites is 1. The first-order valence-corrected chi connectivity index (χ1v) is 8.44. The lowest BCUT2D eigenvalue weighted by molar-refractivity contribution is -0.121. The summed E-state index contributed by atoms with van der Waals surface area (Å²) in [5.74, 6) is -0.993. The molecular formula is C19H19ClN2O3. The number of anilines is 1. The minimum absolute atomic E-state index is 0.0256. The first-order valence-electron chi connectivity index (χ1n) is 8.06. The Bertz CT molecular complexity index is 795. The molecule has 1 aliphatic heterocycles. The smallest absolute Gasteiger partial charge is 0.336 e. The van der Waals surface area contributed by atoms with Gasteiger partial charge in [-0.3, -0.25) is 9.69 Å². The maximum Gasteiger partial charge on any atom is 0.336 e. The van der Waals surface area contributed by atoms with Crippen molar-refractivity contribution in [2.24, 2.45) is 0 Å². The number of nitrogens with zero attached hydrogens (tertiary/aromatic N) is 2. The van der Waals surface area contributed by atoms with Gasteiger partial charge in [0.1, 0.15) is 0 Å². The number of amides is 1. The van der Waals surface area contributed by atoms with Crippen molar-refractivity contribution in [1.82, 2.24) is 4.90 Å². The van der Waals surface area contributed by atoms with Gasteiger partial charge in [0, 0.05) is 23.8 Å². The molecule has 6 heteroatoms. The minimum Gasteiger partial charge on any atom is -0.478 e. The second-order valence-electron chi connectivity index (χ2n) is 6.12. The van der Waals surface area contributed by atoms with Crippen LogP contribution in [0.15, 0.2) is 48.5 Å². The van der Waals surface area contributed by atoms with Crippen LogP contribution < -0.4 is 4.90 Å². The van der Waals surface area contributed by atoms with Crippen LogP contribution in [0, 0.1) is 0 Å². The number of halogens is 1. The Labute approximate surface area is 151 Å². The Morgan fingerprint density at radius 3 is 2.64 bits per heavy atom. The summed E-state index contributed by atoms with van der Waals surface area (Å²) in [4.78, 5) is 27.8. The second-order valence-corrected chi connectivity index (χ2v) is 6.52. The van der Waals surface area contributed by atoms with Gasteiger partial charge in [-0.2, -0.15) is 0 Å². The standard InChI is InChI=1S/C19H19ClN2O3/c1-21(12-15-14(19(24)25)8-5-9-16(15)20)17-10-11-22(18(17)23)13-6-3-2-4-7-13/h2-9,17H,10-12H2,1H3,(H,24,25). The summed E-state index contributed by atoms with van der Waals surface area (Å²) < 4.78 is 0. The molecule has 0 bridgehead atoms. The lowest BCUT2D eigenvalue weighted by Gasteiger charge is -2.25. The monoisotopic (exact) mass is 358 g/mol. The van der Waals surface area contributed by atoms with Crippen molar-refractivity contribution in [2.45, 2.75) is 19.0 Å². The van der Waals surface area contributed by atoms with E-state index in [0.717, 1.165) is 5.69 Å². The topological polar surface area (TPSA) is 60.9 Å². The van der Waals surface area contributed by atoms with Crippen molar-refractivity contribution in [3.05, 3.63) is 64.7 Å². The lowest BCUT2D eigenvalue weighted by atomic mass is 10.1. The molecule has 0 radical (unpaired) electrons. The maximum absolute atomic E-state index is 12.8. The fourth-order valence-electron chi connectivity index (χ4n) is 3.22. The van der Waals surface area contributed by atoms with Crippen LogP contribution in [0.2, 0.25) is 5.02 Å². The Hall–Kier alpha value is -2.37. The van der Waals surface area contributed by atoms with Crippen LogP contribution in [-0.2, 0) is 11.3 Å². The normalized spacial score (nSPS) is 17.3. The molecule has 0 aromatic heterocycles. The van der Waals surface area contributed by atoms with Crippen LogP contribution in [0.4, 0.5) is 5.69 Å². The number of carboxylic acids is 1. The van der Waals surface area contributed by atoms with Gasteiger partial charge in [-0.15, -0.1) is 0 Å². The van der Waals surface area contributed by atoms with E-state index in [1.54, 1.807) is 17.0 Å². The molecule has 1 heterocycles. The third-order valence-electron chi connectivity index (χ3n) is 4.53. The average Bonchev–Trinajstić information content (AvgIpc) is 2.98. The van der Waals surface area contributed by atoms with Crippen molar-refractivity contribution in [3.8, 4) is 0 Å². The van der Waals surface area contributed by atoms with Gasteiger partial charge in [0.15, 0.2) is 0 Å². The number of hydrogen-bond donors (Lipinski definition) is 1.